The van der Waals surface area contributed by atoms with E-state index in [9.17, 15) is 9.59 Å². The Kier molecular flexibility index (Phi) is 5.08. The van der Waals surface area contributed by atoms with E-state index in [1.807, 2.05) is 64.3 Å². The average Bonchev–Trinajstić information content (AvgIpc) is 3.51. The van der Waals surface area contributed by atoms with E-state index in [1.165, 1.54) is 0 Å². The highest BCUT2D eigenvalue weighted by Crippen LogP contribution is 2.34. The van der Waals surface area contributed by atoms with Crippen molar-refractivity contribution in [2.24, 2.45) is 5.92 Å². The van der Waals surface area contributed by atoms with Crippen LogP contribution in [0.4, 0.5) is 5.69 Å². The second-order valence-corrected chi connectivity index (χ2v) is 7.76. The van der Waals surface area contributed by atoms with Crippen molar-refractivity contribution < 1.29 is 19.1 Å². The largest absolute Gasteiger partial charge is 0.454 e. The smallest absolute Gasteiger partial charge is 0.253 e. The monoisotopic (exact) mass is 417 g/mol. The Morgan fingerprint density at radius 1 is 0.903 bits per heavy atom. The standard InChI is InChI=1S/C24H23N3O4/c28-23(25-19-6-7-21-22(15-19)31-16-30-21)17-8-12-27(13-9-17)24(29)18-4-3-5-20(14-18)26-10-1-2-11-26/h1-7,10-11,14-15,17H,8-9,12-13,16H2,(H,25,28). The molecule has 0 saturated carbocycles. The molecule has 158 valence electrons. The van der Waals surface area contributed by atoms with Gasteiger partial charge in [-0.05, 0) is 55.3 Å². The second kappa shape index (κ2) is 8.18. The first-order chi connectivity index (χ1) is 15.2. The zero-order valence-corrected chi connectivity index (χ0v) is 17.0. The molecule has 1 aromatic heterocycles. The summed E-state index contributed by atoms with van der Waals surface area (Å²) in [7, 11) is 0. The molecular formula is C24H23N3O4. The quantitative estimate of drug-likeness (QED) is 0.703. The fourth-order valence-corrected chi connectivity index (χ4v) is 4.05. The fraction of sp³-hybridized carbons (Fsp3) is 0.250. The molecule has 1 N–H and O–H groups in total. The molecule has 0 radical (unpaired) electrons. The molecule has 0 spiro atoms. The van der Waals surface area contributed by atoms with Crippen molar-refractivity contribution in [3.63, 3.8) is 0 Å². The summed E-state index contributed by atoms with van der Waals surface area (Å²) < 4.78 is 12.6. The van der Waals surface area contributed by atoms with Gasteiger partial charge in [-0.3, -0.25) is 9.59 Å². The summed E-state index contributed by atoms with van der Waals surface area (Å²) in [6.07, 6.45) is 5.18. The molecule has 3 aromatic rings. The first kappa shape index (κ1) is 19.2. The summed E-state index contributed by atoms with van der Waals surface area (Å²) >= 11 is 0. The van der Waals surface area contributed by atoms with Gasteiger partial charge in [0.2, 0.25) is 12.7 Å². The van der Waals surface area contributed by atoms with Gasteiger partial charge in [0, 0.05) is 54.4 Å². The molecule has 3 heterocycles. The molecule has 2 aliphatic heterocycles. The van der Waals surface area contributed by atoms with Crippen molar-refractivity contribution >= 4 is 17.5 Å². The Bertz CT molecular complexity index is 1100. The van der Waals surface area contributed by atoms with Crippen molar-refractivity contribution in [2.75, 3.05) is 25.2 Å². The maximum absolute atomic E-state index is 13.0. The minimum absolute atomic E-state index is 0.00337. The predicted octanol–water partition coefficient (Wildman–Crippen LogP) is 3.70. The van der Waals surface area contributed by atoms with Gasteiger partial charge < -0.3 is 24.3 Å². The van der Waals surface area contributed by atoms with Gasteiger partial charge in [-0.25, -0.2) is 0 Å². The number of fused-ring (bicyclic) bond motifs is 1. The lowest BCUT2D eigenvalue weighted by Gasteiger charge is -2.31. The van der Waals surface area contributed by atoms with Crippen molar-refractivity contribution in [1.29, 1.82) is 0 Å². The fourth-order valence-electron chi connectivity index (χ4n) is 4.05. The van der Waals surface area contributed by atoms with E-state index in [0.717, 1.165) is 5.69 Å². The number of nitrogens with one attached hydrogen (secondary N) is 1. The van der Waals surface area contributed by atoms with Crippen LogP contribution in [0.15, 0.2) is 67.0 Å². The zero-order chi connectivity index (χ0) is 21.2. The summed E-state index contributed by atoms with van der Waals surface area (Å²) in [6, 6.07) is 16.9. The lowest BCUT2D eigenvalue weighted by Crippen LogP contribution is -2.41. The Balaban J connectivity index is 1.19. The number of carbonyl (C=O) groups excluding carboxylic acids is 2. The Morgan fingerprint density at radius 3 is 2.48 bits per heavy atom. The zero-order valence-electron chi connectivity index (χ0n) is 17.0. The van der Waals surface area contributed by atoms with Gasteiger partial charge in [-0.15, -0.1) is 0 Å². The molecule has 0 bridgehead atoms. The number of amides is 2. The van der Waals surface area contributed by atoms with Crippen LogP contribution >= 0.6 is 0 Å². The predicted molar refractivity (Wildman–Crippen MR) is 116 cm³/mol. The molecular weight excluding hydrogens is 394 g/mol. The molecule has 7 nitrogen and oxygen atoms in total. The number of carbonyl (C=O) groups is 2. The summed E-state index contributed by atoms with van der Waals surface area (Å²) in [5, 5.41) is 2.96. The van der Waals surface area contributed by atoms with Gasteiger partial charge in [0.25, 0.3) is 5.91 Å². The topological polar surface area (TPSA) is 72.8 Å². The number of ether oxygens (including phenoxy) is 2. The Labute approximate surface area is 180 Å². The van der Waals surface area contributed by atoms with E-state index in [1.54, 1.807) is 12.1 Å². The molecule has 2 amide bonds. The number of aromatic nitrogens is 1. The lowest BCUT2D eigenvalue weighted by atomic mass is 9.95. The number of rotatable bonds is 4. The van der Waals surface area contributed by atoms with Crippen LogP contribution in [0.3, 0.4) is 0 Å². The van der Waals surface area contributed by atoms with Gasteiger partial charge in [-0.1, -0.05) is 6.07 Å². The summed E-state index contributed by atoms with van der Waals surface area (Å²) in [6.45, 7) is 1.32. The second-order valence-electron chi connectivity index (χ2n) is 7.76. The van der Waals surface area contributed by atoms with Crippen molar-refractivity contribution in [3.8, 4) is 17.2 Å². The molecule has 0 atom stereocenters. The molecule has 2 aliphatic rings. The van der Waals surface area contributed by atoms with Gasteiger partial charge >= 0.3 is 0 Å². The first-order valence-electron chi connectivity index (χ1n) is 10.4. The number of anilines is 1. The highest BCUT2D eigenvalue weighted by atomic mass is 16.7. The number of benzene rings is 2. The number of hydrogen-bond donors (Lipinski definition) is 1. The van der Waals surface area contributed by atoms with Crippen molar-refractivity contribution in [2.45, 2.75) is 12.8 Å². The third-order valence-corrected chi connectivity index (χ3v) is 5.79. The molecule has 1 saturated heterocycles. The number of piperidine rings is 1. The average molecular weight is 417 g/mol. The minimum Gasteiger partial charge on any atom is -0.454 e. The van der Waals surface area contributed by atoms with Crippen molar-refractivity contribution in [3.05, 3.63) is 72.6 Å². The summed E-state index contributed by atoms with van der Waals surface area (Å²) in [4.78, 5) is 27.5. The molecule has 31 heavy (non-hydrogen) atoms. The third-order valence-electron chi connectivity index (χ3n) is 5.79. The molecule has 0 aliphatic carbocycles. The lowest BCUT2D eigenvalue weighted by molar-refractivity contribution is -0.121. The van der Waals surface area contributed by atoms with Gasteiger partial charge in [0.05, 0.1) is 0 Å². The molecule has 2 aromatic carbocycles. The van der Waals surface area contributed by atoms with Crippen LogP contribution in [0, 0.1) is 5.92 Å². The van der Waals surface area contributed by atoms with Crippen LogP contribution in [0.5, 0.6) is 11.5 Å². The van der Waals surface area contributed by atoms with E-state index >= 15 is 0 Å². The van der Waals surface area contributed by atoms with E-state index in [2.05, 4.69) is 5.32 Å². The Hall–Kier alpha value is -3.74. The molecule has 7 heteroatoms. The van der Waals surface area contributed by atoms with Crippen LogP contribution in [0.1, 0.15) is 23.2 Å². The first-order valence-corrected chi connectivity index (χ1v) is 10.4. The SMILES string of the molecule is O=C(Nc1ccc2c(c1)OCO2)C1CCN(C(=O)c2cccc(-n3cccc3)c2)CC1. The van der Waals surface area contributed by atoms with E-state index in [4.69, 9.17) is 9.47 Å². The van der Waals surface area contributed by atoms with Crippen LogP contribution in [-0.4, -0.2) is 41.2 Å². The number of hydrogen-bond acceptors (Lipinski definition) is 4. The van der Waals surface area contributed by atoms with Gasteiger partial charge in [-0.2, -0.15) is 0 Å². The van der Waals surface area contributed by atoms with Crippen LogP contribution in [-0.2, 0) is 4.79 Å². The molecule has 0 unspecified atom stereocenters. The minimum atomic E-state index is -0.124. The third kappa shape index (κ3) is 3.99. The molecule has 1 fully saturated rings. The summed E-state index contributed by atoms with van der Waals surface area (Å²) in [5.74, 6) is 1.18. The maximum atomic E-state index is 13.0. The van der Waals surface area contributed by atoms with E-state index < -0.39 is 0 Å². The number of likely N-dealkylation sites (tertiary alicyclic amines) is 1. The number of nitrogens with zero attached hydrogens (tertiary/aromatic N) is 2. The van der Waals surface area contributed by atoms with Gasteiger partial charge in [0.1, 0.15) is 0 Å². The van der Waals surface area contributed by atoms with E-state index in [-0.39, 0.29) is 24.5 Å². The maximum Gasteiger partial charge on any atom is 0.253 e. The normalized spacial score (nSPS) is 15.7. The molecule has 5 rings (SSSR count). The van der Waals surface area contributed by atoms with Crippen LogP contribution in [0.25, 0.3) is 5.69 Å². The van der Waals surface area contributed by atoms with Crippen LogP contribution in [0.2, 0.25) is 0 Å². The van der Waals surface area contributed by atoms with Crippen LogP contribution < -0.4 is 14.8 Å². The highest BCUT2D eigenvalue weighted by molar-refractivity contribution is 5.96. The highest BCUT2D eigenvalue weighted by Gasteiger charge is 2.28. The Morgan fingerprint density at radius 2 is 1.68 bits per heavy atom. The summed E-state index contributed by atoms with van der Waals surface area (Å²) in [5.41, 5.74) is 2.30. The van der Waals surface area contributed by atoms with Gasteiger partial charge in [0.15, 0.2) is 11.5 Å². The van der Waals surface area contributed by atoms with E-state index in [0.29, 0.717) is 48.7 Å². The van der Waals surface area contributed by atoms with Crippen molar-refractivity contribution in [1.82, 2.24) is 9.47 Å².